The molecule has 0 aromatic heterocycles. The van der Waals surface area contributed by atoms with Gasteiger partial charge in [0.1, 0.15) is 0 Å². The molecule has 30 heavy (non-hydrogen) atoms. The Morgan fingerprint density at radius 1 is 1.13 bits per heavy atom. The molecule has 6 nitrogen and oxygen atoms in total. The van der Waals surface area contributed by atoms with Crippen LogP contribution in [0.25, 0.3) is 0 Å². The van der Waals surface area contributed by atoms with Crippen molar-refractivity contribution in [3.63, 3.8) is 0 Å². The number of guanidine groups is 1. The quantitative estimate of drug-likeness (QED) is 0.241. The van der Waals surface area contributed by atoms with Crippen LogP contribution >= 0.6 is 24.0 Å². The van der Waals surface area contributed by atoms with Gasteiger partial charge in [0, 0.05) is 31.7 Å². The molecule has 2 aliphatic rings. The van der Waals surface area contributed by atoms with Crippen molar-refractivity contribution in [3.05, 3.63) is 35.9 Å². The SMILES string of the molecule is CCNC(=NCC1CCOC1c1ccccc1)NC1CCC(C(=O)OCC)CC1.I. The van der Waals surface area contributed by atoms with E-state index in [9.17, 15) is 4.79 Å². The maximum atomic E-state index is 11.9. The molecule has 2 unspecified atom stereocenters. The van der Waals surface area contributed by atoms with E-state index in [0.29, 0.717) is 18.6 Å². The second kappa shape index (κ2) is 13.1. The third-order valence-corrected chi connectivity index (χ3v) is 5.86. The number of benzene rings is 1. The number of ether oxygens (including phenoxy) is 2. The number of carbonyl (C=O) groups excluding carboxylic acids is 1. The van der Waals surface area contributed by atoms with E-state index in [4.69, 9.17) is 14.5 Å². The predicted molar refractivity (Wildman–Crippen MR) is 130 cm³/mol. The van der Waals surface area contributed by atoms with Crippen molar-refractivity contribution in [2.45, 2.75) is 58.1 Å². The van der Waals surface area contributed by atoms with Crippen LogP contribution in [0, 0.1) is 11.8 Å². The molecule has 1 saturated carbocycles. The largest absolute Gasteiger partial charge is 0.466 e. The van der Waals surface area contributed by atoms with Crippen molar-refractivity contribution in [2.75, 3.05) is 26.3 Å². The lowest BCUT2D eigenvalue weighted by atomic mass is 9.86. The number of esters is 1. The minimum Gasteiger partial charge on any atom is -0.466 e. The van der Waals surface area contributed by atoms with Crippen LogP contribution in [0.2, 0.25) is 0 Å². The zero-order chi connectivity index (χ0) is 20.5. The first-order valence-corrected chi connectivity index (χ1v) is 11.1. The summed E-state index contributed by atoms with van der Waals surface area (Å²) < 4.78 is 11.2. The van der Waals surface area contributed by atoms with E-state index < -0.39 is 0 Å². The third kappa shape index (κ3) is 7.11. The van der Waals surface area contributed by atoms with Crippen molar-refractivity contribution < 1.29 is 14.3 Å². The van der Waals surface area contributed by atoms with Gasteiger partial charge >= 0.3 is 5.97 Å². The molecule has 0 bridgehead atoms. The first-order chi connectivity index (χ1) is 14.2. The highest BCUT2D eigenvalue weighted by Crippen LogP contribution is 2.34. The number of hydrogen-bond donors (Lipinski definition) is 2. The monoisotopic (exact) mass is 529 g/mol. The van der Waals surface area contributed by atoms with Crippen molar-refractivity contribution in [2.24, 2.45) is 16.8 Å². The van der Waals surface area contributed by atoms with Gasteiger partial charge in [-0.25, -0.2) is 0 Å². The molecular formula is C23H36IN3O3. The van der Waals surface area contributed by atoms with Crippen LogP contribution in [0.4, 0.5) is 0 Å². The van der Waals surface area contributed by atoms with Crippen molar-refractivity contribution in [1.82, 2.24) is 10.6 Å². The van der Waals surface area contributed by atoms with Gasteiger partial charge in [0.25, 0.3) is 0 Å². The Labute approximate surface area is 197 Å². The van der Waals surface area contributed by atoms with Gasteiger partial charge in [0.15, 0.2) is 5.96 Å². The molecule has 1 aromatic carbocycles. The van der Waals surface area contributed by atoms with Gasteiger partial charge in [-0.05, 0) is 51.5 Å². The Hall–Kier alpha value is -1.35. The second-order valence-corrected chi connectivity index (χ2v) is 7.92. The topological polar surface area (TPSA) is 72.0 Å². The van der Waals surface area contributed by atoms with Crippen LogP contribution in [0.1, 0.15) is 57.6 Å². The molecule has 1 heterocycles. The molecule has 0 spiro atoms. The molecule has 1 aromatic rings. The summed E-state index contributed by atoms with van der Waals surface area (Å²) in [5.74, 6) is 1.27. The Morgan fingerprint density at radius 2 is 1.87 bits per heavy atom. The molecule has 1 aliphatic carbocycles. The van der Waals surface area contributed by atoms with E-state index in [1.807, 2.05) is 13.0 Å². The fourth-order valence-corrected chi connectivity index (χ4v) is 4.29. The van der Waals surface area contributed by atoms with E-state index >= 15 is 0 Å². The van der Waals surface area contributed by atoms with Gasteiger partial charge in [-0.3, -0.25) is 9.79 Å². The summed E-state index contributed by atoms with van der Waals surface area (Å²) in [6.07, 6.45) is 4.85. The van der Waals surface area contributed by atoms with Gasteiger partial charge in [-0.2, -0.15) is 0 Å². The minimum absolute atomic E-state index is 0. The normalized spacial score (nSPS) is 26.5. The molecule has 1 saturated heterocycles. The van der Waals surface area contributed by atoms with Crippen LogP contribution < -0.4 is 10.6 Å². The van der Waals surface area contributed by atoms with Gasteiger partial charge in [-0.1, -0.05) is 30.3 Å². The molecule has 3 rings (SSSR count). The lowest BCUT2D eigenvalue weighted by Gasteiger charge is -2.29. The average Bonchev–Trinajstić information content (AvgIpc) is 3.22. The molecule has 1 aliphatic heterocycles. The number of hydrogen-bond acceptors (Lipinski definition) is 4. The standard InChI is InChI=1S/C23H35N3O3.HI/c1-3-24-23(26-20-12-10-18(11-13-20)22(27)28-4-2)25-16-19-14-15-29-21(19)17-8-6-5-7-9-17;/h5-9,18-21H,3-4,10-16H2,1-2H3,(H2,24,25,26);1H. The summed E-state index contributed by atoms with van der Waals surface area (Å²) in [5.41, 5.74) is 1.24. The molecule has 2 N–H and O–H groups in total. The van der Waals surface area contributed by atoms with E-state index in [1.165, 1.54) is 5.56 Å². The minimum atomic E-state index is -0.0419. The number of nitrogens with zero attached hydrogens (tertiary/aromatic N) is 1. The summed E-state index contributed by atoms with van der Waals surface area (Å²) in [6.45, 7) is 6.77. The highest BCUT2D eigenvalue weighted by Gasteiger charge is 2.30. The number of carbonyl (C=O) groups is 1. The lowest BCUT2D eigenvalue weighted by Crippen LogP contribution is -2.45. The van der Waals surface area contributed by atoms with Gasteiger partial charge < -0.3 is 20.1 Å². The second-order valence-electron chi connectivity index (χ2n) is 7.92. The first-order valence-electron chi connectivity index (χ1n) is 11.1. The lowest BCUT2D eigenvalue weighted by molar-refractivity contribution is -0.149. The molecule has 2 fully saturated rings. The summed E-state index contributed by atoms with van der Waals surface area (Å²) >= 11 is 0. The fraction of sp³-hybridized carbons (Fsp3) is 0.652. The van der Waals surface area contributed by atoms with Gasteiger partial charge in [0.2, 0.25) is 0 Å². The van der Waals surface area contributed by atoms with E-state index in [1.54, 1.807) is 0 Å². The summed E-state index contributed by atoms with van der Waals surface area (Å²) in [4.78, 5) is 16.8. The van der Waals surface area contributed by atoms with Crippen molar-refractivity contribution in [3.8, 4) is 0 Å². The zero-order valence-electron chi connectivity index (χ0n) is 18.1. The molecule has 7 heteroatoms. The molecule has 0 amide bonds. The highest BCUT2D eigenvalue weighted by atomic mass is 127. The molecule has 168 valence electrons. The zero-order valence-corrected chi connectivity index (χ0v) is 20.5. The third-order valence-electron chi connectivity index (χ3n) is 5.86. The molecule has 2 atom stereocenters. The number of nitrogens with one attached hydrogen (secondary N) is 2. The number of halogens is 1. The number of aliphatic imine (C=N–C) groups is 1. The number of rotatable bonds is 7. The van der Waals surface area contributed by atoms with Crippen molar-refractivity contribution in [1.29, 1.82) is 0 Å². The molecular weight excluding hydrogens is 493 g/mol. The fourth-order valence-electron chi connectivity index (χ4n) is 4.29. The van der Waals surface area contributed by atoms with E-state index in [-0.39, 0.29) is 42.0 Å². The Bertz CT molecular complexity index is 663. The van der Waals surface area contributed by atoms with E-state index in [0.717, 1.165) is 57.8 Å². The Balaban J connectivity index is 0.00000320. The van der Waals surface area contributed by atoms with E-state index in [2.05, 4.69) is 41.8 Å². The first kappa shape index (κ1) is 24.9. The van der Waals surface area contributed by atoms with Gasteiger partial charge in [-0.15, -0.1) is 24.0 Å². The summed E-state index contributed by atoms with van der Waals surface area (Å²) in [5, 5.41) is 6.94. The maximum Gasteiger partial charge on any atom is 0.308 e. The van der Waals surface area contributed by atoms with Crippen LogP contribution in [-0.4, -0.2) is 44.3 Å². The summed E-state index contributed by atoms with van der Waals surface area (Å²) in [6, 6.07) is 10.8. The molecule has 0 radical (unpaired) electrons. The van der Waals surface area contributed by atoms with Crippen molar-refractivity contribution >= 4 is 35.9 Å². The average molecular weight is 529 g/mol. The predicted octanol–water partition coefficient (Wildman–Crippen LogP) is 4.06. The Kier molecular flexibility index (Phi) is 10.9. The smallest absolute Gasteiger partial charge is 0.308 e. The highest BCUT2D eigenvalue weighted by molar-refractivity contribution is 14.0. The maximum absolute atomic E-state index is 11.9. The van der Waals surface area contributed by atoms with Gasteiger partial charge in [0.05, 0.1) is 18.6 Å². The summed E-state index contributed by atoms with van der Waals surface area (Å²) in [7, 11) is 0. The van der Waals surface area contributed by atoms with Crippen LogP contribution in [0.15, 0.2) is 35.3 Å². The van der Waals surface area contributed by atoms with Crippen LogP contribution in [0.5, 0.6) is 0 Å². The van der Waals surface area contributed by atoms with Crippen LogP contribution in [0.3, 0.4) is 0 Å². The van der Waals surface area contributed by atoms with Crippen LogP contribution in [-0.2, 0) is 14.3 Å². The Morgan fingerprint density at radius 3 is 2.53 bits per heavy atom.